The van der Waals surface area contributed by atoms with Crippen LogP contribution in [0.25, 0.3) is 0 Å². The summed E-state index contributed by atoms with van der Waals surface area (Å²) < 4.78 is 10.8. The van der Waals surface area contributed by atoms with Crippen molar-refractivity contribution in [3.8, 4) is 34.5 Å². The molecule has 0 atom stereocenters. The van der Waals surface area contributed by atoms with E-state index in [9.17, 15) is 20.1 Å². The van der Waals surface area contributed by atoms with Crippen molar-refractivity contribution in [1.82, 2.24) is 0 Å². The number of hydrogen-bond donors (Lipinski definition) is 3. The van der Waals surface area contributed by atoms with E-state index < -0.39 is 11.7 Å². The normalized spacial score (nSPS) is 12.8. The Hall–Kier alpha value is -2.89. The lowest BCUT2D eigenvalue weighted by atomic mass is 10.1. The standard InChI is InChI=1S/C15H12O6/c1-6-4-9(17)12(18)14-11(6)15(19)20-10-5-8(16)3-7(2)13(10)21-14/h3-5,16-18H,1-2H3. The first-order chi connectivity index (χ1) is 9.88. The second-order valence-corrected chi connectivity index (χ2v) is 4.85. The molecule has 0 unspecified atom stereocenters. The van der Waals surface area contributed by atoms with Crippen molar-refractivity contribution < 1.29 is 29.6 Å². The molecule has 0 aromatic heterocycles. The monoisotopic (exact) mass is 288 g/mol. The molecule has 0 saturated carbocycles. The van der Waals surface area contributed by atoms with E-state index in [0.29, 0.717) is 11.1 Å². The summed E-state index contributed by atoms with van der Waals surface area (Å²) in [4.78, 5) is 12.2. The Labute approximate surface area is 119 Å². The van der Waals surface area contributed by atoms with Crippen molar-refractivity contribution in [3.63, 3.8) is 0 Å². The lowest BCUT2D eigenvalue weighted by molar-refractivity contribution is 0.0736. The molecule has 21 heavy (non-hydrogen) atoms. The van der Waals surface area contributed by atoms with Crippen LogP contribution in [-0.2, 0) is 0 Å². The van der Waals surface area contributed by atoms with Gasteiger partial charge >= 0.3 is 5.97 Å². The fourth-order valence-electron chi connectivity index (χ4n) is 2.30. The fraction of sp³-hybridized carbons (Fsp3) is 0.133. The Morgan fingerprint density at radius 2 is 1.62 bits per heavy atom. The van der Waals surface area contributed by atoms with Crippen LogP contribution in [0.3, 0.4) is 0 Å². The van der Waals surface area contributed by atoms with Gasteiger partial charge in [0, 0.05) is 6.07 Å². The molecule has 0 spiro atoms. The second-order valence-electron chi connectivity index (χ2n) is 4.85. The van der Waals surface area contributed by atoms with E-state index in [4.69, 9.17) is 9.47 Å². The minimum absolute atomic E-state index is 0.0281. The van der Waals surface area contributed by atoms with Gasteiger partial charge in [-0.05, 0) is 37.1 Å². The van der Waals surface area contributed by atoms with Crippen molar-refractivity contribution in [3.05, 3.63) is 34.9 Å². The van der Waals surface area contributed by atoms with Crippen LogP contribution < -0.4 is 9.47 Å². The molecule has 0 bridgehead atoms. The third-order valence-corrected chi connectivity index (χ3v) is 3.27. The summed E-state index contributed by atoms with van der Waals surface area (Å²) in [7, 11) is 0. The van der Waals surface area contributed by atoms with E-state index in [2.05, 4.69) is 0 Å². The largest absolute Gasteiger partial charge is 0.508 e. The molecule has 0 fully saturated rings. The third-order valence-electron chi connectivity index (χ3n) is 3.27. The quantitative estimate of drug-likeness (QED) is 0.392. The highest BCUT2D eigenvalue weighted by Gasteiger charge is 2.30. The Bertz CT molecular complexity index is 778. The van der Waals surface area contributed by atoms with Crippen LogP contribution in [0.2, 0.25) is 0 Å². The minimum Gasteiger partial charge on any atom is -0.508 e. The molecule has 6 nitrogen and oxygen atoms in total. The number of phenols is 3. The van der Waals surface area contributed by atoms with Crippen LogP contribution in [0.5, 0.6) is 34.5 Å². The van der Waals surface area contributed by atoms with E-state index in [1.54, 1.807) is 13.8 Å². The number of aryl methyl sites for hydroxylation is 2. The van der Waals surface area contributed by atoms with Gasteiger partial charge in [0.2, 0.25) is 5.75 Å². The van der Waals surface area contributed by atoms with Crippen LogP contribution in [0.4, 0.5) is 0 Å². The first-order valence-electron chi connectivity index (χ1n) is 6.17. The first kappa shape index (κ1) is 13.1. The summed E-state index contributed by atoms with van der Waals surface area (Å²) in [6, 6.07) is 3.93. The highest BCUT2D eigenvalue weighted by atomic mass is 16.6. The van der Waals surface area contributed by atoms with E-state index >= 15 is 0 Å². The van der Waals surface area contributed by atoms with Gasteiger partial charge in [-0.1, -0.05) is 0 Å². The zero-order valence-electron chi connectivity index (χ0n) is 11.3. The van der Waals surface area contributed by atoms with E-state index in [1.807, 2.05) is 0 Å². The molecular formula is C15H12O6. The van der Waals surface area contributed by atoms with Gasteiger partial charge in [0.05, 0.1) is 0 Å². The summed E-state index contributed by atoms with van der Waals surface area (Å²) in [6.07, 6.45) is 0. The van der Waals surface area contributed by atoms with Gasteiger partial charge in [-0.25, -0.2) is 4.79 Å². The van der Waals surface area contributed by atoms with Crippen LogP contribution in [0, 0.1) is 13.8 Å². The zero-order chi connectivity index (χ0) is 15.3. The van der Waals surface area contributed by atoms with Crippen LogP contribution >= 0.6 is 0 Å². The maximum absolute atomic E-state index is 12.2. The van der Waals surface area contributed by atoms with Gasteiger partial charge in [-0.15, -0.1) is 0 Å². The number of rotatable bonds is 0. The molecule has 0 radical (unpaired) electrons. The number of fused-ring (bicyclic) bond motifs is 2. The van der Waals surface area contributed by atoms with E-state index in [1.165, 1.54) is 18.2 Å². The number of aromatic hydroxyl groups is 3. The molecule has 1 aliphatic heterocycles. The molecule has 1 aliphatic rings. The molecule has 6 heteroatoms. The average molecular weight is 288 g/mol. The molecule has 0 aliphatic carbocycles. The minimum atomic E-state index is -0.735. The smallest absolute Gasteiger partial charge is 0.347 e. The Kier molecular flexibility index (Phi) is 2.69. The molecule has 2 aromatic carbocycles. The summed E-state index contributed by atoms with van der Waals surface area (Å²) in [5.41, 5.74) is 0.950. The molecular weight excluding hydrogens is 276 g/mol. The Balaban J connectivity index is 2.31. The predicted molar refractivity (Wildman–Crippen MR) is 72.4 cm³/mol. The van der Waals surface area contributed by atoms with E-state index in [-0.39, 0.29) is 34.3 Å². The lowest BCUT2D eigenvalue weighted by Crippen LogP contribution is -2.09. The average Bonchev–Trinajstić information content (AvgIpc) is 2.52. The number of esters is 1. The van der Waals surface area contributed by atoms with Crippen molar-refractivity contribution in [2.45, 2.75) is 13.8 Å². The van der Waals surface area contributed by atoms with Gasteiger partial charge in [0.1, 0.15) is 11.3 Å². The maximum Gasteiger partial charge on any atom is 0.347 e. The topological polar surface area (TPSA) is 96.2 Å². The Morgan fingerprint density at radius 3 is 2.33 bits per heavy atom. The highest BCUT2D eigenvalue weighted by molar-refractivity contribution is 5.98. The van der Waals surface area contributed by atoms with Crippen molar-refractivity contribution in [1.29, 1.82) is 0 Å². The number of benzene rings is 2. The molecule has 108 valence electrons. The summed E-state index contributed by atoms with van der Waals surface area (Å²) in [5, 5.41) is 29.2. The Morgan fingerprint density at radius 1 is 0.905 bits per heavy atom. The second kappa shape index (κ2) is 4.31. The third kappa shape index (κ3) is 1.92. The van der Waals surface area contributed by atoms with E-state index in [0.717, 1.165) is 0 Å². The zero-order valence-corrected chi connectivity index (χ0v) is 11.3. The predicted octanol–water partition coefficient (Wildman–Crippen LogP) is 2.75. The number of carbonyl (C=O) groups is 1. The lowest BCUT2D eigenvalue weighted by Gasteiger charge is -2.12. The van der Waals surface area contributed by atoms with Crippen molar-refractivity contribution in [2.24, 2.45) is 0 Å². The summed E-state index contributed by atoms with van der Waals surface area (Å²) in [5.74, 6) is -1.65. The molecule has 3 rings (SSSR count). The fourth-order valence-corrected chi connectivity index (χ4v) is 2.30. The van der Waals surface area contributed by atoms with Crippen LogP contribution in [-0.4, -0.2) is 21.3 Å². The molecule has 1 heterocycles. The van der Waals surface area contributed by atoms with Crippen LogP contribution in [0.15, 0.2) is 18.2 Å². The van der Waals surface area contributed by atoms with Gasteiger partial charge < -0.3 is 24.8 Å². The first-order valence-corrected chi connectivity index (χ1v) is 6.17. The molecule has 0 amide bonds. The van der Waals surface area contributed by atoms with Gasteiger partial charge in [0.25, 0.3) is 0 Å². The SMILES string of the molecule is Cc1cc(O)cc2c1Oc1c(O)c(O)cc(C)c1C(=O)O2. The van der Waals surface area contributed by atoms with Crippen LogP contribution in [0.1, 0.15) is 21.5 Å². The number of hydrogen-bond acceptors (Lipinski definition) is 6. The van der Waals surface area contributed by atoms with Gasteiger partial charge in [-0.2, -0.15) is 0 Å². The number of carbonyl (C=O) groups excluding carboxylic acids is 1. The number of ether oxygens (including phenoxy) is 2. The molecule has 3 N–H and O–H groups in total. The molecule has 2 aromatic rings. The van der Waals surface area contributed by atoms with Crippen molar-refractivity contribution >= 4 is 5.97 Å². The van der Waals surface area contributed by atoms with Crippen molar-refractivity contribution in [2.75, 3.05) is 0 Å². The number of phenolic OH excluding ortho intramolecular Hbond substituents is 3. The molecule has 0 saturated heterocycles. The highest BCUT2D eigenvalue weighted by Crippen LogP contribution is 2.48. The summed E-state index contributed by atoms with van der Waals surface area (Å²) >= 11 is 0. The maximum atomic E-state index is 12.2. The van der Waals surface area contributed by atoms with Gasteiger partial charge in [-0.3, -0.25) is 0 Å². The summed E-state index contributed by atoms with van der Waals surface area (Å²) in [6.45, 7) is 3.24. The van der Waals surface area contributed by atoms with Gasteiger partial charge in [0.15, 0.2) is 23.0 Å².